The van der Waals surface area contributed by atoms with E-state index in [9.17, 15) is 9.59 Å². The van der Waals surface area contributed by atoms with E-state index in [0.29, 0.717) is 5.06 Å². The first-order chi connectivity index (χ1) is 8.48. The molecule has 0 aliphatic carbocycles. The fourth-order valence-electron chi connectivity index (χ4n) is 1.77. The first-order valence-corrected chi connectivity index (χ1v) is 5.50. The Balaban J connectivity index is 1.99. The number of carbonyl (C=O) groups is 2. The van der Waals surface area contributed by atoms with E-state index in [1.807, 2.05) is 18.2 Å². The molecule has 2 atom stereocenters. The van der Waals surface area contributed by atoms with Gasteiger partial charge in [-0.25, -0.2) is 9.86 Å². The van der Waals surface area contributed by atoms with Crippen LogP contribution in [0, 0.1) is 0 Å². The van der Waals surface area contributed by atoms with Crippen molar-refractivity contribution < 1.29 is 19.5 Å². The average molecular weight is 250 g/mol. The van der Waals surface area contributed by atoms with Crippen LogP contribution in [0.3, 0.4) is 0 Å². The molecule has 6 nitrogen and oxygen atoms in total. The minimum absolute atomic E-state index is 0.0457. The molecular weight excluding hydrogens is 236 g/mol. The summed E-state index contributed by atoms with van der Waals surface area (Å²) < 4.78 is 5.00. The van der Waals surface area contributed by atoms with Gasteiger partial charge in [-0.3, -0.25) is 10.0 Å². The first-order valence-electron chi connectivity index (χ1n) is 5.50. The minimum Gasteiger partial charge on any atom is -0.459 e. The van der Waals surface area contributed by atoms with E-state index in [4.69, 9.17) is 15.7 Å². The van der Waals surface area contributed by atoms with Crippen molar-refractivity contribution in [2.45, 2.75) is 25.1 Å². The van der Waals surface area contributed by atoms with Gasteiger partial charge in [0.1, 0.15) is 6.61 Å². The Kier molecular flexibility index (Phi) is 3.06. The molecule has 96 valence electrons. The SMILES string of the molecule is CC1N(O)C(=O)C1(N)C(=O)OCc1ccccc1. The molecule has 6 heteroatoms. The monoisotopic (exact) mass is 250 g/mol. The third-order valence-electron chi connectivity index (χ3n) is 3.14. The van der Waals surface area contributed by atoms with Crippen LogP contribution in [-0.2, 0) is 20.9 Å². The molecule has 1 fully saturated rings. The van der Waals surface area contributed by atoms with Crippen molar-refractivity contribution in [3.63, 3.8) is 0 Å². The van der Waals surface area contributed by atoms with Gasteiger partial charge in [-0.1, -0.05) is 30.3 Å². The van der Waals surface area contributed by atoms with Crippen molar-refractivity contribution in [3.8, 4) is 0 Å². The largest absolute Gasteiger partial charge is 0.459 e. The molecule has 1 aromatic carbocycles. The summed E-state index contributed by atoms with van der Waals surface area (Å²) in [4.78, 5) is 23.2. The summed E-state index contributed by atoms with van der Waals surface area (Å²) >= 11 is 0. The quantitative estimate of drug-likeness (QED) is 0.342. The third kappa shape index (κ3) is 1.75. The second-order valence-corrected chi connectivity index (χ2v) is 4.26. The van der Waals surface area contributed by atoms with Gasteiger partial charge in [0.05, 0.1) is 6.04 Å². The molecule has 2 rings (SSSR count). The molecule has 0 aromatic heterocycles. The second kappa shape index (κ2) is 4.40. The Morgan fingerprint density at radius 3 is 2.67 bits per heavy atom. The zero-order valence-corrected chi connectivity index (χ0v) is 9.87. The van der Waals surface area contributed by atoms with Crippen molar-refractivity contribution in [3.05, 3.63) is 35.9 Å². The number of nitrogens with zero attached hydrogens (tertiary/aromatic N) is 1. The number of ether oxygens (including phenoxy) is 1. The van der Waals surface area contributed by atoms with E-state index >= 15 is 0 Å². The second-order valence-electron chi connectivity index (χ2n) is 4.26. The average Bonchev–Trinajstić information content (AvgIpc) is 2.43. The van der Waals surface area contributed by atoms with Crippen LogP contribution < -0.4 is 5.73 Å². The molecule has 1 heterocycles. The van der Waals surface area contributed by atoms with Gasteiger partial charge in [0, 0.05) is 0 Å². The normalized spacial score (nSPS) is 26.7. The van der Waals surface area contributed by atoms with Gasteiger partial charge in [-0.05, 0) is 12.5 Å². The summed E-state index contributed by atoms with van der Waals surface area (Å²) in [5.74, 6) is -1.66. The summed E-state index contributed by atoms with van der Waals surface area (Å²) in [5, 5.41) is 9.59. The van der Waals surface area contributed by atoms with E-state index in [2.05, 4.69) is 0 Å². The Bertz CT molecular complexity index is 476. The molecule has 0 bridgehead atoms. The van der Waals surface area contributed by atoms with Crippen LogP contribution in [0.5, 0.6) is 0 Å². The summed E-state index contributed by atoms with van der Waals surface area (Å²) in [6.45, 7) is 1.52. The molecule has 18 heavy (non-hydrogen) atoms. The smallest absolute Gasteiger partial charge is 0.338 e. The van der Waals surface area contributed by atoms with Crippen LogP contribution in [0.4, 0.5) is 0 Å². The lowest BCUT2D eigenvalue weighted by molar-refractivity contribution is -0.225. The van der Waals surface area contributed by atoms with Crippen molar-refractivity contribution in [1.29, 1.82) is 0 Å². The topological polar surface area (TPSA) is 92.9 Å². The summed E-state index contributed by atoms with van der Waals surface area (Å²) in [5.41, 5.74) is 4.69. The molecule has 0 radical (unpaired) electrons. The van der Waals surface area contributed by atoms with Crippen molar-refractivity contribution in [1.82, 2.24) is 5.06 Å². The maximum absolute atomic E-state index is 11.8. The van der Waals surface area contributed by atoms with Gasteiger partial charge >= 0.3 is 5.97 Å². The van der Waals surface area contributed by atoms with Crippen LogP contribution in [0.15, 0.2) is 30.3 Å². The Hall–Kier alpha value is -1.92. The van der Waals surface area contributed by atoms with Gasteiger partial charge in [-0.2, -0.15) is 0 Å². The highest BCUT2D eigenvalue weighted by Crippen LogP contribution is 2.28. The Morgan fingerprint density at radius 2 is 2.11 bits per heavy atom. The van der Waals surface area contributed by atoms with E-state index in [1.54, 1.807) is 12.1 Å². The number of amides is 1. The van der Waals surface area contributed by atoms with Gasteiger partial charge in [0.15, 0.2) is 0 Å². The van der Waals surface area contributed by atoms with Crippen molar-refractivity contribution in [2.24, 2.45) is 5.73 Å². The minimum atomic E-state index is -1.77. The maximum atomic E-state index is 11.8. The number of esters is 1. The lowest BCUT2D eigenvalue weighted by Crippen LogP contribution is -2.80. The zero-order valence-electron chi connectivity index (χ0n) is 9.87. The van der Waals surface area contributed by atoms with Gasteiger partial charge in [0.2, 0.25) is 5.54 Å². The highest BCUT2D eigenvalue weighted by Gasteiger charge is 2.62. The van der Waals surface area contributed by atoms with Crippen LogP contribution in [0.25, 0.3) is 0 Å². The molecule has 1 saturated heterocycles. The predicted molar refractivity (Wildman–Crippen MR) is 61.3 cm³/mol. The first kappa shape index (κ1) is 12.5. The molecule has 1 aliphatic rings. The lowest BCUT2D eigenvalue weighted by Gasteiger charge is -2.46. The molecule has 0 spiro atoms. The van der Waals surface area contributed by atoms with Crippen molar-refractivity contribution in [2.75, 3.05) is 0 Å². The van der Waals surface area contributed by atoms with E-state index in [-0.39, 0.29) is 6.61 Å². The number of hydrogen-bond acceptors (Lipinski definition) is 5. The highest BCUT2D eigenvalue weighted by molar-refractivity contribution is 6.12. The summed E-state index contributed by atoms with van der Waals surface area (Å²) in [6, 6.07) is 8.27. The fraction of sp³-hybridized carbons (Fsp3) is 0.333. The fourth-order valence-corrected chi connectivity index (χ4v) is 1.77. The van der Waals surface area contributed by atoms with Gasteiger partial charge in [0.25, 0.3) is 5.91 Å². The van der Waals surface area contributed by atoms with Crippen molar-refractivity contribution >= 4 is 11.9 Å². The Morgan fingerprint density at radius 1 is 1.50 bits per heavy atom. The summed E-state index contributed by atoms with van der Waals surface area (Å²) in [6.07, 6.45) is 0. The molecule has 2 unspecified atom stereocenters. The maximum Gasteiger partial charge on any atom is 0.338 e. The number of carbonyl (C=O) groups excluding carboxylic acids is 2. The molecule has 3 N–H and O–H groups in total. The number of β-lactam (4-membered cyclic amide) rings is 1. The van der Waals surface area contributed by atoms with Gasteiger partial charge < -0.3 is 10.5 Å². The standard InChI is InChI=1S/C12H14N2O4/c1-8-12(13,10(15)14(8)17)11(16)18-7-9-5-3-2-4-6-9/h2-6,8,17H,7,13H2,1H3. The van der Waals surface area contributed by atoms with Crippen LogP contribution in [0.2, 0.25) is 0 Å². The van der Waals surface area contributed by atoms with E-state index < -0.39 is 23.5 Å². The number of rotatable bonds is 3. The third-order valence-corrected chi connectivity index (χ3v) is 3.14. The number of hydrogen-bond donors (Lipinski definition) is 2. The lowest BCUT2D eigenvalue weighted by atomic mass is 9.83. The predicted octanol–water partition coefficient (Wildman–Crippen LogP) is 0.0472. The van der Waals surface area contributed by atoms with Gasteiger partial charge in [-0.15, -0.1) is 0 Å². The number of hydroxylamine groups is 2. The molecular formula is C12H14N2O4. The molecule has 1 aliphatic heterocycles. The van der Waals surface area contributed by atoms with Crippen LogP contribution in [-0.4, -0.2) is 33.7 Å². The summed E-state index contributed by atoms with van der Waals surface area (Å²) in [7, 11) is 0. The zero-order chi connectivity index (χ0) is 13.3. The van der Waals surface area contributed by atoms with Crippen LogP contribution in [0.1, 0.15) is 12.5 Å². The molecule has 1 aromatic rings. The molecule has 1 amide bonds. The van der Waals surface area contributed by atoms with E-state index in [0.717, 1.165) is 5.56 Å². The Labute approximate surface area is 104 Å². The number of nitrogens with two attached hydrogens (primary N) is 1. The van der Waals surface area contributed by atoms with E-state index in [1.165, 1.54) is 6.92 Å². The molecule has 0 saturated carbocycles. The number of benzene rings is 1. The van der Waals surface area contributed by atoms with Crippen LogP contribution >= 0.6 is 0 Å². The highest BCUT2D eigenvalue weighted by atomic mass is 16.5.